The third-order valence-corrected chi connectivity index (χ3v) is 12.4. The normalized spacial score (nSPS) is 13.1. The van der Waals surface area contributed by atoms with Gasteiger partial charge in [0.05, 0.1) is 11.0 Å². The van der Waals surface area contributed by atoms with Gasteiger partial charge >= 0.3 is 0 Å². The highest BCUT2D eigenvalue weighted by Crippen LogP contribution is 2.37. The molecule has 0 N–H and O–H groups in total. The van der Waals surface area contributed by atoms with E-state index in [0.29, 0.717) is 6.42 Å². The molecular weight excluding hydrogens is 809 g/mol. The van der Waals surface area contributed by atoms with Gasteiger partial charge in [-0.2, -0.15) is 0 Å². The fraction of sp³-hybridized carbons (Fsp3) is 0.108. The van der Waals surface area contributed by atoms with Gasteiger partial charge in [0.1, 0.15) is 0 Å². The molecule has 0 bridgehead atoms. The van der Waals surface area contributed by atoms with Gasteiger partial charge in [0, 0.05) is 33.5 Å². The minimum atomic E-state index is 0.717. The summed E-state index contributed by atoms with van der Waals surface area (Å²) in [6.07, 6.45) is 24.3. The average Bonchev–Trinajstić information content (AvgIpc) is 3.71. The van der Waals surface area contributed by atoms with Crippen LogP contribution >= 0.6 is 0 Å². The number of para-hydroxylation sites is 1. The van der Waals surface area contributed by atoms with Crippen molar-refractivity contribution in [3.8, 4) is 22.3 Å². The summed E-state index contributed by atoms with van der Waals surface area (Å²) in [7, 11) is 0. The number of aromatic nitrogens is 1. The van der Waals surface area contributed by atoms with E-state index < -0.39 is 0 Å². The van der Waals surface area contributed by atoms with Crippen molar-refractivity contribution < 1.29 is 0 Å². The van der Waals surface area contributed by atoms with Crippen LogP contribution in [0.2, 0.25) is 0 Å². The summed E-state index contributed by atoms with van der Waals surface area (Å²) in [4.78, 5) is 2.36. The van der Waals surface area contributed by atoms with Crippen LogP contribution in [-0.2, 0) is 12.8 Å². The van der Waals surface area contributed by atoms with Gasteiger partial charge in [0.25, 0.3) is 0 Å². The first-order valence-corrected chi connectivity index (χ1v) is 23.4. The lowest BCUT2D eigenvalue weighted by molar-refractivity contribution is 1.14. The third-order valence-electron chi connectivity index (χ3n) is 12.4. The van der Waals surface area contributed by atoms with Crippen molar-refractivity contribution >= 4 is 51.5 Å². The minimum Gasteiger partial charge on any atom is -0.313 e. The lowest BCUT2D eigenvalue weighted by Gasteiger charge is -2.27. The maximum atomic E-state index is 4.24. The van der Waals surface area contributed by atoms with Gasteiger partial charge in [-0.25, -0.2) is 0 Å². The van der Waals surface area contributed by atoms with Gasteiger partial charge in [0.2, 0.25) is 0 Å². The Labute approximate surface area is 397 Å². The van der Waals surface area contributed by atoms with E-state index in [2.05, 4.69) is 263 Å². The van der Waals surface area contributed by atoms with Crippen LogP contribution in [-0.4, -0.2) is 4.57 Å². The molecule has 67 heavy (non-hydrogen) atoms. The predicted molar refractivity (Wildman–Crippen MR) is 293 cm³/mol. The molecule has 0 fully saturated rings. The number of hydrogen-bond donors (Lipinski definition) is 0. The maximum Gasteiger partial charge on any atom is 0.0540 e. The van der Waals surface area contributed by atoms with Crippen LogP contribution in [0.15, 0.2) is 248 Å². The summed E-state index contributed by atoms with van der Waals surface area (Å²) >= 11 is 0. The second-order valence-corrected chi connectivity index (χ2v) is 17.0. The van der Waals surface area contributed by atoms with Gasteiger partial charge in [0.15, 0.2) is 0 Å². The summed E-state index contributed by atoms with van der Waals surface area (Å²) in [6, 6.07) is 61.2. The van der Waals surface area contributed by atoms with Crippen LogP contribution in [0.1, 0.15) is 45.2 Å². The Morgan fingerprint density at radius 2 is 1.24 bits per heavy atom. The summed E-state index contributed by atoms with van der Waals surface area (Å²) in [6.45, 7) is 17.0. The highest BCUT2D eigenvalue weighted by atomic mass is 15.1. The van der Waals surface area contributed by atoms with Crippen molar-refractivity contribution in [2.75, 3.05) is 4.90 Å². The van der Waals surface area contributed by atoms with E-state index in [1.165, 1.54) is 66.3 Å². The molecule has 0 spiro atoms. The predicted octanol–water partition coefficient (Wildman–Crippen LogP) is 16.3. The smallest absolute Gasteiger partial charge is 0.0540 e. The second kappa shape index (κ2) is 21.8. The van der Waals surface area contributed by atoms with E-state index in [1.807, 2.05) is 18.2 Å². The maximum absolute atomic E-state index is 4.24. The number of fused-ring (bicyclic) bond motifs is 3. The molecule has 1 aromatic heterocycles. The van der Waals surface area contributed by atoms with E-state index in [4.69, 9.17) is 0 Å². The van der Waals surface area contributed by atoms with Gasteiger partial charge in [-0.05, 0) is 144 Å². The van der Waals surface area contributed by atoms with Crippen molar-refractivity contribution in [1.82, 2.24) is 4.57 Å². The topological polar surface area (TPSA) is 8.17 Å². The molecule has 0 saturated carbocycles. The molecule has 0 unspecified atom stereocenters. The van der Waals surface area contributed by atoms with Gasteiger partial charge in [-0.1, -0.05) is 202 Å². The number of anilines is 2. The zero-order chi connectivity index (χ0) is 46.5. The molecule has 8 aromatic rings. The summed E-state index contributed by atoms with van der Waals surface area (Å²) in [5.41, 5.74) is 16.7. The Balaban J connectivity index is 1.18. The first-order chi connectivity index (χ1) is 32.9. The quantitative estimate of drug-likeness (QED) is 0.0879. The molecule has 2 heteroatoms. The largest absolute Gasteiger partial charge is 0.313 e. The van der Waals surface area contributed by atoms with Crippen molar-refractivity contribution in [2.24, 2.45) is 0 Å². The molecule has 0 aliphatic rings. The summed E-state index contributed by atoms with van der Waals surface area (Å²) in [5, 5.41) is 4.63. The number of allylic oxidation sites excluding steroid dienone is 12. The molecule has 7 aromatic carbocycles. The Morgan fingerprint density at radius 3 is 1.90 bits per heavy atom. The molecule has 2 nitrogen and oxygen atoms in total. The first-order valence-electron chi connectivity index (χ1n) is 23.4. The summed E-state index contributed by atoms with van der Waals surface area (Å²) in [5.74, 6) is 0. The average molecular weight is 869 g/mol. The minimum absolute atomic E-state index is 0.717. The molecule has 0 aliphatic carbocycles. The molecule has 0 radical (unpaired) electrons. The zero-order valence-electron chi connectivity index (χ0n) is 39.4. The highest BCUT2D eigenvalue weighted by Gasteiger charge is 2.17. The third kappa shape index (κ3) is 10.6. The van der Waals surface area contributed by atoms with Crippen molar-refractivity contribution in [1.29, 1.82) is 0 Å². The standard InChI is InChI=1S/C65H60N2/c1-7-10-22-58(48(4)20-9-3)47-51-32-35-54(36-33-51)56-39-44-61(45-40-56)67(60-42-37-55(38-43-60)53-24-13-12-14-25-53)59(27-11-8-2)46-41-57-26-19-30-64-65(57)62-28-17-18-29-63(62)66(64)50(6)31-34-52-23-16-15-21-49(52)5/h8-40,42-46H,2,5,7,41,47H2,1,3-4,6H3/b20-9-,22-10-,27-11-,50-31+,52-34-,58-48-,59-46+. The Kier molecular flexibility index (Phi) is 14.9. The SMILES string of the molecule is C=C/C=C\C(=C/Cc1cccc2c1c1ccccc1n2/C(C)=C/C=c1/ccccc1=C)N(c1ccc(-c2ccccc2)cc1)c1ccc(-c2ccc(CC(/C=C\CC)=C(C)\C=C/C)cc2)cc1. The van der Waals surface area contributed by atoms with Crippen LogP contribution < -0.4 is 15.3 Å². The second-order valence-electron chi connectivity index (χ2n) is 17.0. The number of rotatable bonds is 16. The first kappa shape index (κ1) is 45.6. The number of benzene rings is 7. The van der Waals surface area contributed by atoms with Gasteiger partial charge in [-0.3, -0.25) is 0 Å². The number of nitrogens with zero attached hydrogens (tertiary/aromatic N) is 2. The van der Waals surface area contributed by atoms with Crippen LogP contribution in [0.25, 0.3) is 62.4 Å². The Morgan fingerprint density at radius 1 is 0.627 bits per heavy atom. The van der Waals surface area contributed by atoms with E-state index in [1.54, 1.807) is 0 Å². The zero-order valence-corrected chi connectivity index (χ0v) is 39.4. The molecule has 8 rings (SSSR count). The van der Waals surface area contributed by atoms with E-state index in [9.17, 15) is 0 Å². The lowest BCUT2D eigenvalue weighted by Crippen LogP contribution is -2.21. The van der Waals surface area contributed by atoms with E-state index in [-0.39, 0.29) is 0 Å². The number of hydrogen-bond acceptors (Lipinski definition) is 1. The van der Waals surface area contributed by atoms with Crippen molar-refractivity contribution in [3.05, 3.63) is 270 Å². The van der Waals surface area contributed by atoms with Gasteiger partial charge in [-0.15, -0.1) is 0 Å². The van der Waals surface area contributed by atoms with E-state index in [0.717, 1.165) is 46.0 Å². The Bertz CT molecular complexity index is 3290. The highest BCUT2D eigenvalue weighted by molar-refractivity contribution is 6.11. The van der Waals surface area contributed by atoms with Crippen molar-refractivity contribution in [2.45, 2.75) is 47.0 Å². The lowest BCUT2D eigenvalue weighted by atomic mass is 9.97. The molecule has 1 heterocycles. The summed E-state index contributed by atoms with van der Waals surface area (Å²) < 4.78 is 2.39. The van der Waals surface area contributed by atoms with E-state index >= 15 is 0 Å². The molecule has 0 saturated heterocycles. The monoisotopic (exact) mass is 868 g/mol. The van der Waals surface area contributed by atoms with Crippen molar-refractivity contribution in [3.63, 3.8) is 0 Å². The van der Waals surface area contributed by atoms with Crippen LogP contribution in [0.4, 0.5) is 11.4 Å². The molecule has 330 valence electrons. The molecule has 0 amide bonds. The fourth-order valence-electron chi connectivity index (χ4n) is 8.91. The van der Waals surface area contributed by atoms with Crippen LogP contribution in [0, 0.1) is 0 Å². The fourth-order valence-corrected chi connectivity index (χ4v) is 8.91. The van der Waals surface area contributed by atoms with Gasteiger partial charge < -0.3 is 9.47 Å². The van der Waals surface area contributed by atoms with Crippen LogP contribution in [0.5, 0.6) is 0 Å². The molecular formula is C65H60N2. The molecule has 0 atom stereocenters. The van der Waals surface area contributed by atoms with Crippen LogP contribution in [0.3, 0.4) is 0 Å². The Hall–Kier alpha value is -7.94. The molecule has 0 aliphatic heterocycles.